The van der Waals surface area contributed by atoms with Crippen molar-refractivity contribution in [3.05, 3.63) is 60.3 Å². The van der Waals surface area contributed by atoms with Crippen molar-refractivity contribution in [3.63, 3.8) is 0 Å². The maximum atomic E-state index is 11.0. The van der Waals surface area contributed by atoms with E-state index in [1.54, 1.807) is 0 Å². The monoisotopic (exact) mass is 230 g/mol. The van der Waals surface area contributed by atoms with Gasteiger partial charge < -0.3 is 4.74 Å². The SMILES string of the molecule is C=C(/C=C\C(=C)C1=CC=CCC1)CC(=O)OC. The molecule has 0 radical (unpaired) electrons. The Balaban J connectivity index is 2.50. The standard InChI is InChI=1S/C15H18O2/c1-12(11-15(16)17-3)9-10-13(2)14-7-5-4-6-8-14/h4-5,7,9-10H,1-2,6,8,11H2,3H3/b10-9-. The lowest BCUT2D eigenvalue weighted by atomic mass is 9.97. The molecule has 0 unspecified atom stereocenters. The van der Waals surface area contributed by atoms with Crippen LogP contribution in [0.1, 0.15) is 19.3 Å². The van der Waals surface area contributed by atoms with E-state index in [9.17, 15) is 4.79 Å². The molecule has 0 aromatic heterocycles. The molecule has 17 heavy (non-hydrogen) atoms. The van der Waals surface area contributed by atoms with Crippen molar-refractivity contribution >= 4 is 5.97 Å². The number of ether oxygens (including phenoxy) is 1. The number of hydrogen-bond acceptors (Lipinski definition) is 2. The lowest BCUT2D eigenvalue weighted by molar-refractivity contribution is -0.139. The van der Waals surface area contributed by atoms with Crippen LogP contribution in [0.25, 0.3) is 0 Å². The highest BCUT2D eigenvalue weighted by molar-refractivity contribution is 5.72. The summed E-state index contributed by atoms with van der Waals surface area (Å²) in [5.41, 5.74) is 2.93. The second kappa shape index (κ2) is 6.69. The van der Waals surface area contributed by atoms with Crippen LogP contribution in [-0.2, 0) is 9.53 Å². The molecule has 0 aromatic rings. The van der Waals surface area contributed by atoms with E-state index in [0.29, 0.717) is 0 Å². The molecule has 0 aromatic carbocycles. The Kier molecular flexibility index (Phi) is 5.21. The molecule has 0 saturated heterocycles. The summed E-state index contributed by atoms with van der Waals surface area (Å²) in [7, 11) is 1.37. The van der Waals surface area contributed by atoms with Crippen LogP contribution in [0.3, 0.4) is 0 Å². The summed E-state index contributed by atoms with van der Waals surface area (Å²) in [4.78, 5) is 11.0. The van der Waals surface area contributed by atoms with Crippen molar-refractivity contribution in [3.8, 4) is 0 Å². The van der Waals surface area contributed by atoms with Gasteiger partial charge >= 0.3 is 5.97 Å². The third kappa shape index (κ3) is 4.68. The number of rotatable bonds is 5. The van der Waals surface area contributed by atoms with Gasteiger partial charge in [0.1, 0.15) is 0 Å². The van der Waals surface area contributed by atoms with Crippen LogP contribution in [0.4, 0.5) is 0 Å². The predicted octanol–water partition coefficient (Wildman–Crippen LogP) is 3.49. The van der Waals surface area contributed by atoms with E-state index in [-0.39, 0.29) is 12.4 Å². The first-order valence-corrected chi connectivity index (χ1v) is 5.61. The smallest absolute Gasteiger partial charge is 0.309 e. The lowest BCUT2D eigenvalue weighted by Crippen LogP contribution is -2.00. The van der Waals surface area contributed by atoms with E-state index < -0.39 is 0 Å². The van der Waals surface area contributed by atoms with Gasteiger partial charge in [-0.05, 0) is 29.6 Å². The van der Waals surface area contributed by atoms with Crippen molar-refractivity contribution in [2.24, 2.45) is 0 Å². The van der Waals surface area contributed by atoms with Crippen molar-refractivity contribution < 1.29 is 9.53 Å². The molecule has 2 heteroatoms. The van der Waals surface area contributed by atoms with Gasteiger partial charge in [-0.25, -0.2) is 0 Å². The fourth-order valence-electron chi connectivity index (χ4n) is 1.51. The van der Waals surface area contributed by atoms with E-state index in [0.717, 1.165) is 24.0 Å². The summed E-state index contributed by atoms with van der Waals surface area (Å²) in [6, 6.07) is 0. The average Bonchev–Trinajstić information content (AvgIpc) is 2.36. The number of methoxy groups -OCH3 is 1. The van der Waals surface area contributed by atoms with Crippen molar-refractivity contribution in [2.45, 2.75) is 19.3 Å². The van der Waals surface area contributed by atoms with Gasteiger partial charge in [0.05, 0.1) is 13.5 Å². The average molecular weight is 230 g/mol. The highest BCUT2D eigenvalue weighted by Gasteiger charge is 2.03. The Morgan fingerprint density at radius 3 is 2.82 bits per heavy atom. The summed E-state index contributed by atoms with van der Waals surface area (Å²) in [6.45, 7) is 7.80. The highest BCUT2D eigenvalue weighted by Crippen LogP contribution is 2.20. The van der Waals surface area contributed by atoms with Crippen LogP contribution < -0.4 is 0 Å². The normalized spacial score (nSPS) is 14.5. The molecule has 0 aliphatic heterocycles. The van der Waals surface area contributed by atoms with Crippen molar-refractivity contribution in [2.75, 3.05) is 7.11 Å². The minimum absolute atomic E-state index is 0.221. The summed E-state index contributed by atoms with van der Waals surface area (Å²) >= 11 is 0. The fourth-order valence-corrected chi connectivity index (χ4v) is 1.51. The lowest BCUT2D eigenvalue weighted by Gasteiger charge is -2.08. The van der Waals surface area contributed by atoms with Gasteiger partial charge in [-0.1, -0.05) is 43.5 Å². The fraction of sp³-hybridized carbons (Fsp3) is 0.267. The first kappa shape index (κ1) is 13.2. The Labute approximate surface area is 103 Å². The van der Waals surface area contributed by atoms with Gasteiger partial charge in [-0.3, -0.25) is 4.79 Å². The molecule has 0 N–H and O–H groups in total. The number of carbonyl (C=O) groups is 1. The molecular formula is C15H18O2. The van der Waals surface area contributed by atoms with Crippen LogP contribution in [0.5, 0.6) is 0 Å². The summed E-state index contributed by atoms with van der Waals surface area (Å²) in [5.74, 6) is -0.273. The van der Waals surface area contributed by atoms with Crippen LogP contribution >= 0.6 is 0 Å². The van der Waals surface area contributed by atoms with Gasteiger partial charge in [0, 0.05) is 0 Å². The zero-order valence-corrected chi connectivity index (χ0v) is 10.2. The van der Waals surface area contributed by atoms with E-state index in [2.05, 4.69) is 30.0 Å². The summed E-state index contributed by atoms with van der Waals surface area (Å²) in [6.07, 6.45) is 12.3. The summed E-state index contributed by atoms with van der Waals surface area (Å²) < 4.78 is 4.57. The largest absolute Gasteiger partial charge is 0.469 e. The topological polar surface area (TPSA) is 26.3 Å². The third-order valence-electron chi connectivity index (χ3n) is 2.55. The maximum absolute atomic E-state index is 11.0. The first-order valence-electron chi connectivity index (χ1n) is 5.61. The molecule has 90 valence electrons. The first-order chi connectivity index (χ1) is 8.13. The van der Waals surface area contributed by atoms with Gasteiger partial charge in [-0.15, -0.1) is 0 Å². The second-order valence-corrected chi connectivity index (χ2v) is 3.93. The molecule has 0 spiro atoms. The van der Waals surface area contributed by atoms with Crippen LogP contribution in [0, 0.1) is 0 Å². The van der Waals surface area contributed by atoms with Crippen molar-refractivity contribution in [1.29, 1.82) is 0 Å². The summed E-state index contributed by atoms with van der Waals surface area (Å²) in [5, 5.41) is 0. The van der Waals surface area contributed by atoms with Crippen LogP contribution in [0.15, 0.2) is 60.3 Å². The number of esters is 1. The Morgan fingerprint density at radius 2 is 2.24 bits per heavy atom. The van der Waals surface area contributed by atoms with E-state index in [1.807, 2.05) is 18.2 Å². The molecule has 0 saturated carbocycles. The third-order valence-corrected chi connectivity index (χ3v) is 2.55. The zero-order chi connectivity index (χ0) is 12.7. The Hall–Kier alpha value is -1.83. The molecule has 0 bridgehead atoms. The highest BCUT2D eigenvalue weighted by atomic mass is 16.5. The molecule has 0 amide bonds. The van der Waals surface area contributed by atoms with E-state index >= 15 is 0 Å². The van der Waals surface area contributed by atoms with Gasteiger partial charge in [0.15, 0.2) is 0 Å². The number of carbonyl (C=O) groups excluding carboxylic acids is 1. The van der Waals surface area contributed by atoms with Crippen LogP contribution in [0.2, 0.25) is 0 Å². The van der Waals surface area contributed by atoms with Gasteiger partial charge in [0.25, 0.3) is 0 Å². The Morgan fingerprint density at radius 1 is 1.47 bits per heavy atom. The van der Waals surface area contributed by atoms with Gasteiger partial charge in [0.2, 0.25) is 0 Å². The number of hydrogen-bond donors (Lipinski definition) is 0. The predicted molar refractivity (Wildman–Crippen MR) is 70.5 cm³/mol. The molecule has 2 nitrogen and oxygen atoms in total. The van der Waals surface area contributed by atoms with Crippen LogP contribution in [-0.4, -0.2) is 13.1 Å². The second-order valence-electron chi connectivity index (χ2n) is 3.93. The maximum Gasteiger partial charge on any atom is 0.309 e. The molecular weight excluding hydrogens is 212 g/mol. The molecule has 0 fully saturated rings. The van der Waals surface area contributed by atoms with Crippen molar-refractivity contribution in [1.82, 2.24) is 0 Å². The minimum atomic E-state index is -0.273. The quantitative estimate of drug-likeness (QED) is 0.534. The molecule has 1 rings (SSSR count). The molecule has 1 aliphatic rings. The molecule has 0 atom stereocenters. The Bertz CT molecular complexity index is 409. The van der Waals surface area contributed by atoms with E-state index in [4.69, 9.17) is 0 Å². The zero-order valence-electron chi connectivity index (χ0n) is 10.2. The number of allylic oxidation sites excluding steroid dienone is 7. The van der Waals surface area contributed by atoms with E-state index in [1.165, 1.54) is 12.7 Å². The van der Waals surface area contributed by atoms with Gasteiger partial charge in [-0.2, -0.15) is 0 Å². The minimum Gasteiger partial charge on any atom is -0.469 e. The molecule has 1 aliphatic carbocycles. The molecule has 0 heterocycles.